The molecule has 0 atom stereocenters. The molecule has 0 aliphatic carbocycles. The van der Waals surface area contributed by atoms with Crippen molar-refractivity contribution in [2.45, 2.75) is 52.4 Å². The van der Waals surface area contributed by atoms with Gasteiger partial charge in [-0.15, -0.1) is 22.7 Å². The minimum Gasteiger partial charge on any atom is -0.454 e. The van der Waals surface area contributed by atoms with E-state index in [0.29, 0.717) is 0 Å². The van der Waals surface area contributed by atoms with Crippen LogP contribution in [0.25, 0.3) is 106 Å². The number of para-hydroxylation sites is 6. The Balaban J connectivity index is 0.968. The Hall–Kier alpha value is -8.42. The molecule has 0 fully saturated rings. The third-order valence-corrected chi connectivity index (χ3v) is 18.1. The highest BCUT2D eigenvalue weighted by molar-refractivity contribution is 7.33. The molecule has 0 radical (unpaired) electrons. The fraction of sp³-hybridized carbons (Fsp3) is 0.114. The van der Waals surface area contributed by atoms with E-state index < -0.39 is 0 Å². The lowest BCUT2D eigenvalue weighted by molar-refractivity contribution is 0.572. The van der Waals surface area contributed by atoms with Crippen molar-refractivity contribution in [1.29, 1.82) is 0 Å². The molecule has 0 amide bonds. The number of nitrogens with zero attached hydrogens (tertiary/aromatic N) is 2. The van der Waals surface area contributed by atoms with Crippen LogP contribution in [0.1, 0.15) is 52.7 Å². The summed E-state index contributed by atoms with van der Waals surface area (Å²) in [4.78, 5) is 4.84. The number of anilines is 6. The van der Waals surface area contributed by atoms with Crippen LogP contribution in [0.15, 0.2) is 215 Å². The lowest BCUT2D eigenvalue weighted by atomic mass is 9.86. The second-order valence-electron chi connectivity index (χ2n) is 22.4. The maximum atomic E-state index is 7.09. The molecule has 4 aromatic heterocycles. The molecule has 0 aliphatic rings. The Kier molecular flexibility index (Phi) is 9.80. The summed E-state index contributed by atoms with van der Waals surface area (Å²) in [6, 6.07) is 75.5. The van der Waals surface area contributed by atoms with Crippen LogP contribution in [0.3, 0.4) is 0 Å². The zero-order valence-electron chi connectivity index (χ0n) is 43.2. The van der Waals surface area contributed by atoms with Gasteiger partial charge in [0, 0.05) is 85.8 Å². The number of rotatable bonds is 6. The molecule has 11 aromatic carbocycles. The van der Waals surface area contributed by atoms with Crippen LogP contribution in [0.2, 0.25) is 0 Å². The summed E-state index contributed by atoms with van der Waals surface area (Å²) < 4.78 is 19.3. The van der Waals surface area contributed by atoms with Gasteiger partial charge in [0.1, 0.15) is 11.2 Å². The van der Waals surface area contributed by atoms with Gasteiger partial charge in [0.15, 0.2) is 11.2 Å². The summed E-state index contributed by atoms with van der Waals surface area (Å²) in [5.41, 5.74) is 12.3. The minimum absolute atomic E-state index is 0.0881. The molecule has 0 aliphatic heterocycles. The third kappa shape index (κ3) is 6.66. The van der Waals surface area contributed by atoms with E-state index >= 15 is 0 Å². The van der Waals surface area contributed by atoms with Crippen molar-refractivity contribution in [3.63, 3.8) is 0 Å². The summed E-state index contributed by atoms with van der Waals surface area (Å²) in [7, 11) is 0. The normalized spacial score (nSPS) is 12.6. The lowest BCUT2D eigenvalue weighted by Gasteiger charge is -2.27. The summed E-state index contributed by atoms with van der Waals surface area (Å²) >= 11 is 3.82. The number of benzene rings is 11. The molecule has 4 heterocycles. The van der Waals surface area contributed by atoms with Gasteiger partial charge in [0.25, 0.3) is 0 Å². The monoisotopic (exact) mass is 1020 g/mol. The molecular formula is C70H52N2O2S2. The average molecular weight is 1020 g/mol. The zero-order chi connectivity index (χ0) is 51.2. The Morgan fingerprint density at radius 2 is 0.645 bits per heavy atom. The molecule has 76 heavy (non-hydrogen) atoms. The fourth-order valence-corrected chi connectivity index (χ4v) is 14.9. The highest BCUT2D eigenvalue weighted by Gasteiger charge is 2.29. The van der Waals surface area contributed by atoms with Crippen molar-refractivity contribution in [3.8, 4) is 0 Å². The van der Waals surface area contributed by atoms with Gasteiger partial charge >= 0.3 is 0 Å². The highest BCUT2D eigenvalue weighted by atomic mass is 32.1. The molecule has 0 saturated heterocycles. The first kappa shape index (κ1) is 45.0. The maximum Gasteiger partial charge on any atom is 0.159 e. The Labute approximate surface area is 448 Å². The fourth-order valence-electron chi connectivity index (χ4n) is 12.2. The molecule has 0 unspecified atom stereocenters. The van der Waals surface area contributed by atoms with E-state index in [2.05, 4.69) is 258 Å². The number of hydrogen-bond acceptors (Lipinski definition) is 6. The predicted octanol–water partition coefficient (Wildman–Crippen LogP) is 22.1. The van der Waals surface area contributed by atoms with Crippen molar-refractivity contribution in [1.82, 2.24) is 0 Å². The van der Waals surface area contributed by atoms with Gasteiger partial charge in [-0.05, 0) is 70.1 Å². The van der Waals surface area contributed by atoms with Crippen molar-refractivity contribution in [2.75, 3.05) is 9.80 Å². The van der Waals surface area contributed by atoms with E-state index in [4.69, 9.17) is 8.83 Å². The lowest BCUT2D eigenvalue weighted by Crippen LogP contribution is -2.11. The summed E-state index contributed by atoms with van der Waals surface area (Å²) in [5, 5.41) is 14.5. The quantitative estimate of drug-likeness (QED) is 0.166. The zero-order valence-corrected chi connectivity index (χ0v) is 44.8. The molecule has 6 heteroatoms. The second-order valence-corrected chi connectivity index (χ2v) is 24.5. The van der Waals surface area contributed by atoms with E-state index in [1.54, 1.807) is 0 Å². The van der Waals surface area contributed by atoms with Gasteiger partial charge < -0.3 is 18.6 Å². The first-order valence-electron chi connectivity index (χ1n) is 26.2. The van der Waals surface area contributed by atoms with Gasteiger partial charge in [-0.25, -0.2) is 0 Å². The van der Waals surface area contributed by atoms with Crippen LogP contribution < -0.4 is 9.80 Å². The SMILES string of the molecule is CC(C)(C)c1cccc2c1oc1c(N(c3ccccc3)c3cc4sc5c(ccc6c5sc5cc(N(c7ccccc7)c7cccc8c7oc7c(C(C)(C)C)cccc78)c7ccccc7c56)c4c4ccccc34)cccc12. The Bertz CT molecular complexity index is 4540. The molecule has 366 valence electrons. The van der Waals surface area contributed by atoms with Crippen LogP contribution in [-0.2, 0) is 10.8 Å². The van der Waals surface area contributed by atoms with Crippen molar-refractivity contribution < 1.29 is 8.83 Å². The standard InChI is InChI=1S/C70H52N2O2S2/c1-69(2,3)53-33-17-29-47-49-31-19-35-55(65(49)73-63(47)53)71(41-21-9-7-10-22-41)57-39-59-61(45-27-15-13-25-43(45)57)51-37-38-52-62-46-28-16-14-26-44(46)58(40-60(62)76-68(52)67(51)75-59)72(42-23-11-8-12-24-42)56-36-20-32-50-48-30-18-34-54(70(4,5)6)64(48)74-66(50)56/h7-40H,1-6H3. The molecular weight excluding hydrogens is 965 g/mol. The van der Waals surface area contributed by atoms with Crippen LogP contribution >= 0.6 is 22.7 Å². The number of thiophene rings is 2. The van der Waals surface area contributed by atoms with Gasteiger partial charge in [-0.3, -0.25) is 0 Å². The Morgan fingerprint density at radius 3 is 1.04 bits per heavy atom. The summed E-state index contributed by atoms with van der Waals surface area (Å²) in [5.74, 6) is 0. The highest BCUT2D eigenvalue weighted by Crippen LogP contribution is 2.54. The minimum atomic E-state index is -0.0881. The second kappa shape index (κ2) is 16.5. The molecule has 15 rings (SSSR count). The van der Waals surface area contributed by atoms with Crippen molar-refractivity contribution in [2.24, 2.45) is 0 Å². The molecule has 0 spiro atoms. The summed E-state index contributed by atoms with van der Waals surface area (Å²) in [6.45, 7) is 13.6. The molecule has 4 nitrogen and oxygen atoms in total. The summed E-state index contributed by atoms with van der Waals surface area (Å²) in [6.07, 6.45) is 0. The topological polar surface area (TPSA) is 32.8 Å². The smallest absolute Gasteiger partial charge is 0.159 e. The Morgan fingerprint density at radius 1 is 0.303 bits per heavy atom. The van der Waals surface area contributed by atoms with Gasteiger partial charge in [0.2, 0.25) is 0 Å². The van der Waals surface area contributed by atoms with Gasteiger partial charge in [-0.1, -0.05) is 199 Å². The van der Waals surface area contributed by atoms with Crippen molar-refractivity contribution >= 4 is 163 Å². The van der Waals surface area contributed by atoms with Crippen LogP contribution in [0, 0.1) is 0 Å². The van der Waals surface area contributed by atoms with E-state index in [1.807, 2.05) is 22.7 Å². The molecule has 0 saturated carbocycles. The first-order chi connectivity index (χ1) is 37.0. The number of furan rings is 2. The van der Waals surface area contributed by atoms with Crippen LogP contribution in [0.4, 0.5) is 34.1 Å². The van der Waals surface area contributed by atoms with E-state index in [0.717, 1.165) is 78.0 Å². The van der Waals surface area contributed by atoms with Crippen molar-refractivity contribution in [3.05, 3.63) is 217 Å². The number of fused-ring (bicyclic) bond motifs is 17. The first-order valence-corrected chi connectivity index (χ1v) is 27.9. The van der Waals surface area contributed by atoms with Gasteiger partial charge in [-0.2, -0.15) is 0 Å². The maximum absolute atomic E-state index is 7.09. The van der Waals surface area contributed by atoms with E-state index in [-0.39, 0.29) is 10.8 Å². The van der Waals surface area contributed by atoms with E-state index in [9.17, 15) is 0 Å². The largest absolute Gasteiger partial charge is 0.454 e. The van der Waals surface area contributed by atoms with E-state index in [1.165, 1.54) is 73.0 Å². The van der Waals surface area contributed by atoms with Crippen LogP contribution in [0.5, 0.6) is 0 Å². The average Bonchev–Trinajstić information content (AvgIpc) is 4.38. The third-order valence-electron chi connectivity index (χ3n) is 15.7. The number of hydrogen-bond donors (Lipinski definition) is 0. The molecule has 0 N–H and O–H groups in total. The van der Waals surface area contributed by atoms with Crippen LogP contribution in [-0.4, -0.2) is 0 Å². The molecule has 15 aromatic rings. The molecule has 0 bridgehead atoms. The predicted molar refractivity (Wildman–Crippen MR) is 329 cm³/mol. The van der Waals surface area contributed by atoms with Gasteiger partial charge in [0.05, 0.1) is 32.1 Å².